The first-order chi connectivity index (χ1) is 10.1. The fourth-order valence-corrected chi connectivity index (χ4v) is 2.08. The maximum absolute atomic E-state index is 10.2. The number of rotatable bonds is 12. The summed E-state index contributed by atoms with van der Waals surface area (Å²) in [4.78, 5) is 0. The summed E-state index contributed by atoms with van der Waals surface area (Å²) in [5.74, 6) is 0. The van der Waals surface area contributed by atoms with Crippen LogP contribution in [0.1, 0.15) is 71.1 Å². The Labute approximate surface area is 217 Å². The average molecular weight is 567 g/mol. The minimum atomic E-state index is -4.92. The van der Waals surface area contributed by atoms with Crippen molar-refractivity contribution in [2.45, 2.75) is 71.1 Å². The first kappa shape index (κ1) is 84.3. The molecule has 21 heteroatoms. The number of unbranched alkanes of at least 4 members (excludes halogenated alkanes) is 9. The summed E-state index contributed by atoms with van der Waals surface area (Å²) in [6, 6.07) is 0. The van der Waals surface area contributed by atoms with Crippen molar-refractivity contribution >= 4 is 20.8 Å². The summed E-state index contributed by atoms with van der Waals surface area (Å²) in [6.45, 7) is 2.31. The van der Waals surface area contributed by atoms with Gasteiger partial charge in [-0.3, -0.25) is 9.11 Å². The van der Waals surface area contributed by atoms with E-state index in [1.807, 2.05) is 0 Å². The molecule has 0 spiro atoms. The van der Waals surface area contributed by atoms with Crippen molar-refractivity contribution in [2.75, 3.05) is 6.61 Å². The van der Waals surface area contributed by atoms with Crippen LogP contribution < -0.4 is 29.6 Å². The van der Waals surface area contributed by atoms with E-state index in [1.165, 1.54) is 44.9 Å². The number of hydrogen-bond donors (Lipinski definition) is 2. The van der Waals surface area contributed by atoms with Crippen LogP contribution in [-0.4, -0.2) is 91.9 Å². The van der Waals surface area contributed by atoms with Gasteiger partial charge in [0.1, 0.15) is 0 Å². The third-order valence-electron chi connectivity index (χ3n) is 2.73. The Morgan fingerprint density at radius 2 is 0.788 bits per heavy atom. The summed E-state index contributed by atoms with van der Waals surface area (Å²) in [5.41, 5.74) is 0. The van der Waals surface area contributed by atoms with E-state index < -0.39 is 20.8 Å². The Kier molecular flexibility index (Phi) is 137. The van der Waals surface area contributed by atoms with Gasteiger partial charge >= 0.3 is 40.0 Å². The second-order valence-electron chi connectivity index (χ2n) is 4.86. The Bertz CT molecular complexity index is 439. The first-order valence-corrected chi connectivity index (χ1v) is 10.1. The standard InChI is InChI=1S/C12H26O4S.Na.H2O4S.10H2O/c1-2-3-4-5-6-7-8-9-10-11-12-16-17(13,14)15;;1-5(2,3)4;;;;;;;;;;/h2-12H2,1H3,(H,13,14,15);;(H2,1,2,3,4);10*1H2/q;+1;;;;;;;;;;;/p-1. The Balaban J connectivity index is -0.0000000208. The topological polar surface area (TPSA) is 456 Å². The van der Waals surface area contributed by atoms with E-state index in [2.05, 4.69) is 11.1 Å². The molecule has 0 aliphatic rings. The molecule has 22 N–H and O–H groups in total. The fraction of sp³-hybridized carbons (Fsp3) is 1.00. The number of hydrogen-bond acceptors (Lipinski definition) is 6. The van der Waals surface area contributed by atoms with Crippen molar-refractivity contribution < 1.29 is 119 Å². The Morgan fingerprint density at radius 1 is 0.576 bits per heavy atom. The van der Waals surface area contributed by atoms with E-state index in [-0.39, 0.29) is 90.9 Å². The molecule has 0 aromatic heterocycles. The van der Waals surface area contributed by atoms with Crippen LogP contribution in [-0.2, 0) is 25.0 Å². The Hall–Kier alpha value is 0.340. The molecule has 0 saturated heterocycles. The molecule has 0 rings (SSSR count). The van der Waals surface area contributed by atoms with E-state index in [9.17, 15) is 8.42 Å². The van der Waals surface area contributed by atoms with Crippen LogP contribution >= 0.6 is 0 Å². The third kappa shape index (κ3) is 145. The van der Waals surface area contributed by atoms with Gasteiger partial charge in [-0.25, -0.2) is 12.6 Å². The predicted octanol–water partition coefficient (Wildman–Crippen LogP) is -8.51. The fourth-order valence-electron chi connectivity index (χ4n) is 1.75. The van der Waals surface area contributed by atoms with Gasteiger partial charge in [0.2, 0.25) is 10.4 Å². The molecule has 0 aromatic carbocycles. The molecule has 18 nitrogen and oxygen atoms in total. The maximum atomic E-state index is 10.2. The molecule has 0 aliphatic carbocycles. The molecule has 0 heterocycles. The molecule has 216 valence electrons. The van der Waals surface area contributed by atoms with E-state index in [4.69, 9.17) is 22.1 Å². The average Bonchev–Trinajstić information content (AvgIpc) is 2.32. The summed E-state index contributed by atoms with van der Waals surface area (Å²) in [5, 5.41) is 0. The van der Waals surface area contributed by atoms with Crippen LogP contribution in [0.3, 0.4) is 0 Å². The summed E-state index contributed by atoms with van der Waals surface area (Å²) >= 11 is 0. The van der Waals surface area contributed by atoms with Crippen LogP contribution in [0, 0.1) is 0 Å². The molecule has 0 saturated carbocycles. The molecule has 0 fully saturated rings. The summed E-state index contributed by atoms with van der Waals surface area (Å²) < 4.78 is 65.8. The molecule has 0 bridgehead atoms. The minimum Gasteiger partial charge on any atom is -0.726 e. The zero-order valence-electron chi connectivity index (χ0n) is 18.9. The second-order valence-corrected chi connectivity index (χ2v) is 6.81. The quantitative estimate of drug-likeness (QED) is 0.0985. The zero-order chi connectivity index (χ0) is 17.5. The van der Waals surface area contributed by atoms with Gasteiger partial charge < -0.3 is 59.3 Å². The van der Waals surface area contributed by atoms with E-state index in [1.54, 1.807) is 0 Å². The largest absolute Gasteiger partial charge is 1.00 e. The van der Waals surface area contributed by atoms with Crippen LogP contribution in [0.4, 0.5) is 0 Å². The van der Waals surface area contributed by atoms with E-state index >= 15 is 0 Å². The third-order valence-corrected chi connectivity index (χ3v) is 3.19. The van der Waals surface area contributed by atoms with Crippen molar-refractivity contribution in [3.05, 3.63) is 0 Å². The molecule has 0 radical (unpaired) electrons. The van der Waals surface area contributed by atoms with Crippen LogP contribution in [0.15, 0.2) is 0 Å². The SMILES string of the molecule is CCCCCCCCCCCCOS(=O)(=O)O.O.O.O.O.O.O.O.O.O.O.O=S(=O)([O-])O.[Na+]. The molecular formula is C12H47NaO18S2. The predicted molar refractivity (Wildman–Crippen MR) is 118 cm³/mol. The maximum Gasteiger partial charge on any atom is 1.00 e. The van der Waals surface area contributed by atoms with Gasteiger partial charge in [-0.1, -0.05) is 64.7 Å². The molecule has 0 aliphatic heterocycles. The molecule has 0 amide bonds. The smallest absolute Gasteiger partial charge is 0.726 e. The molecule has 0 unspecified atom stereocenters. The summed E-state index contributed by atoms with van der Waals surface area (Å²) in [6.07, 6.45) is 11.9. The van der Waals surface area contributed by atoms with Gasteiger partial charge in [-0.05, 0) is 6.42 Å². The van der Waals surface area contributed by atoms with E-state index in [0.29, 0.717) is 6.42 Å². The van der Waals surface area contributed by atoms with Gasteiger partial charge in [-0.15, -0.1) is 0 Å². The second kappa shape index (κ2) is 53.6. The van der Waals surface area contributed by atoms with Crippen LogP contribution in [0.5, 0.6) is 0 Å². The zero-order valence-corrected chi connectivity index (χ0v) is 22.6. The van der Waals surface area contributed by atoms with Gasteiger partial charge in [0.25, 0.3) is 0 Å². The van der Waals surface area contributed by atoms with Gasteiger partial charge in [-0.2, -0.15) is 8.42 Å². The van der Waals surface area contributed by atoms with Crippen molar-refractivity contribution in [3.63, 3.8) is 0 Å². The van der Waals surface area contributed by atoms with Crippen LogP contribution in [0.25, 0.3) is 0 Å². The van der Waals surface area contributed by atoms with Gasteiger partial charge in [0, 0.05) is 0 Å². The van der Waals surface area contributed by atoms with Gasteiger partial charge in [0.15, 0.2) is 0 Å². The van der Waals surface area contributed by atoms with Crippen molar-refractivity contribution in [1.82, 2.24) is 0 Å². The van der Waals surface area contributed by atoms with E-state index in [0.717, 1.165) is 12.8 Å². The van der Waals surface area contributed by atoms with Gasteiger partial charge in [0.05, 0.1) is 6.61 Å². The normalized spacial score (nSPS) is 7.88. The van der Waals surface area contributed by atoms with Crippen LogP contribution in [0.2, 0.25) is 0 Å². The first-order valence-electron chi connectivity index (χ1n) is 7.36. The molecule has 0 aromatic rings. The molecular weight excluding hydrogens is 519 g/mol. The molecule has 33 heavy (non-hydrogen) atoms. The summed E-state index contributed by atoms with van der Waals surface area (Å²) in [7, 11) is -9.15. The molecule has 0 atom stereocenters. The minimum absolute atomic E-state index is 0. The van der Waals surface area contributed by atoms with Crippen molar-refractivity contribution in [3.8, 4) is 0 Å². The monoisotopic (exact) mass is 566 g/mol. The van der Waals surface area contributed by atoms with Crippen molar-refractivity contribution in [1.29, 1.82) is 0 Å². The van der Waals surface area contributed by atoms with Crippen molar-refractivity contribution in [2.24, 2.45) is 0 Å². The Morgan fingerprint density at radius 3 is 1.00 bits per heavy atom.